The van der Waals surface area contributed by atoms with Gasteiger partial charge in [-0.3, -0.25) is 0 Å². The second-order valence-corrected chi connectivity index (χ2v) is 4.63. The maximum Gasteiger partial charge on any atom is 0.108 e. The first-order chi connectivity index (χ1) is 8.14. The third-order valence-corrected chi connectivity index (χ3v) is 3.19. The van der Waals surface area contributed by atoms with Crippen LogP contribution in [0, 0.1) is 4.91 Å². The summed E-state index contributed by atoms with van der Waals surface area (Å²) in [5, 5.41) is 2.92. The van der Waals surface area contributed by atoms with Crippen LogP contribution in [0.15, 0.2) is 59.8 Å². The quantitative estimate of drug-likeness (QED) is 0.711. The highest BCUT2D eigenvalue weighted by Gasteiger charge is 2.22. The van der Waals surface area contributed by atoms with Gasteiger partial charge in [-0.1, -0.05) is 56.3 Å². The van der Waals surface area contributed by atoms with Gasteiger partial charge < -0.3 is 0 Å². The number of hydrogen-bond acceptors (Lipinski definition) is 2. The SMILES string of the molecule is CC(C)(c1ccccc1)c1ccc(N=O)cc1. The van der Waals surface area contributed by atoms with Crippen molar-refractivity contribution < 1.29 is 0 Å². The lowest BCUT2D eigenvalue weighted by atomic mass is 9.78. The zero-order valence-electron chi connectivity index (χ0n) is 10.1. The van der Waals surface area contributed by atoms with Crippen LogP contribution in [0.1, 0.15) is 25.0 Å². The fourth-order valence-corrected chi connectivity index (χ4v) is 1.96. The Morgan fingerprint density at radius 2 is 1.35 bits per heavy atom. The Hall–Kier alpha value is -1.96. The van der Waals surface area contributed by atoms with Crippen molar-refractivity contribution in [2.24, 2.45) is 5.18 Å². The van der Waals surface area contributed by atoms with Crippen molar-refractivity contribution in [1.82, 2.24) is 0 Å². The second-order valence-electron chi connectivity index (χ2n) is 4.63. The number of rotatable bonds is 3. The van der Waals surface area contributed by atoms with Gasteiger partial charge in [-0.2, -0.15) is 0 Å². The van der Waals surface area contributed by atoms with Crippen molar-refractivity contribution >= 4 is 5.69 Å². The maximum atomic E-state index is 10.4. The highest BCUT2D eigenvalue weighted by molar-refractivity contribution is 5.44. The molecule has 0 fully saturated rings. The molecule has 0 saturated carbocycles. The van der Waals surface area contributed by atoms with E-state index in [2.05, 4.69) is 31.2 Å². The Morgan fingerprint density at radius 3 is 1.88 bits per heavy atom. The molecule has 0 saturated heterocycles. The third kappa shape index (κ3) is 2.26. The van der Waals surface area contributed by atoms with Crippen molar-refractivity contribution in [3.05, 3.63) is 70.6 Å². The van der Waals surface area contributed by atoms with Gasteiger partial charge in [0.05, 0.1) is 0 Å². The summed E-state index contributed by atoms with van der Waals surface area (Å²) in [6.45, 7) is 4.34. The number of benzene rings is 2. The van der Waals surface area contributed by atoms with Crippen LogP contribution in [-0.4, -0.2) is 0 Å². The Labute approximate surface area is 101 Å². The van der Waals surface area contributed by atoms with Crippen LogP contribution in [0.3, 0.4) is 0 Å². The van der Waals surface area contributed by atoms with E-state index >= 15 is 0 Å². The largest absolute Gasteiger partial charge is 0.145 e. The molecule has 0 unspecified atom stereocenters. The van der Waals surface area contributed by atoms with Crippen molar-refractivity contribution in [3.63, 3.8) is 0 Å². The molecule has 0 aliphatic rings. The van der Waals surface area contributed by atoms with Gasteiger partial charge >= 0.3 is 0 Å². The Balaban J connectivity index is 2.40. The molecule has 0 bridgehead atoms. The van der Waals surface area contributed by atoms with Gasteiger partial charge in [-0.25, -0.2) is 0 Å². The van der Waals surface area contributed by atoms with Gasteiger partial charge in [0.15, 0.2) is 0 Å². The fourth-order valence-electron chi connectivity index (χ4n) is 1.96. The van der Waals surface area contributed by atoms with E-state index in [4.69, 9.17) is 0 Å². The number of nitroso groups, excluding NO2 is 1. The summed E-state index contributed by atoms with van der Waals surface area (Å²) < 4.78 is 0. The standard InChI is InChI=1S/C15H15NO/c1-15(2,12-6-4-3-5-7-12)13-8-10-14(16-17)11-9-13/h3-11H,1-2H3. The van der Waals surface area contributed by atoms with Gasteiger partial charge in [0.25, 0.3) is 0 Å². The minimum Gasteiger partial charge on any atom is -0.145 e. The highest BCUT2D eigenvalue weighted by atomic mass is 16.3. The highest BCUT2D eigenvalue weighted by Crippen LogP contribution is 2.32. The van der Waals surface area contributed by atoms with Crippen molar-refractivity contribution in [2.45, 2.75) is 19.3 Å². The molecule has 0 spiro atoms. The molecule has 2 aromatic carbocycles. The smallest absolute Gasteiger partial charge is 0.108 e. The summed E-state index contributed by atoms with van der Waals surface area (Å²) in [4.78, 5) is 10.4. The van der Waals surface area contributed by atoms with Crippen LogP contribution >= 0.6 is 0 Å². The summed E-state index contributed by atoms with van der Waals surface area (Å²) in [5.74, 6) is 0. The van der Waals surface area contributed by atoms with E-state index in [1.165, 1.54) is 11.1 Å². The number of nitrogens with zero attached hydrogens (tertiary/aromatic N) is 1. The molecule has 0 aliphatic heterocycles. The summed E-state index contributed by atoms with van der Waals surface area (Å²) in [6, 6.07) is 17.8. The first kappa shape index (κ1) is 11.5. The molecule has 17 heavy (non-hydrogen) atoms. The predicted molar refractivity (Wildman–Crippen MR) is 70.5 cm³/mol. The minimum atomic E-state index is -0.0668. The predicted octanol–water partition coefficient (Wildman–Crippen LogP) is 4.41. The van der Waals surface area contributed by atoms with Crippen LogP contribution in [0.2, 0.25) is 0 Å². The van der Waals surface area contributed by atoms with Crippen molar-refractivity contribution in [3.8, 4) is 0 Å². The fraction of sp³-hybridized carbons (Fsp3) is 0.200. The minimum absolute atomic E-state index is 0.0668. The van der Waals surface area contributed by atoms with E-state index in [1.54, 1.807) is 12.1 Å². The summed E-state index contributed by atoms with van der Waals surface area (Å²) >= 11 is 0. The molecule has 0 atom stereocenters. The lowest BCUT2D eigenvalue weighted by molar-refractivity contribution is 0.641. The topological polar surface area (TPSA) is 29.4 Å². The average Bonchev–Trinajstić information content (AvgIpc) is 2.40. The van der Waals surface area contributed by atoms with Crippen molar-refractivity contribution in [2.75, 3.05) is 0 Å². The van der Waals surface area contributed by atoms with Gasteiger partial charge in [-0.05, 0) is 28.4 Å². The van der Waals surface area contributed by atoms with Crippen LogP contribution in [0.5, 0.6) is 0 Å². The van der Waals surface area contributed by atoms with Crippen LogP contribution < -0.4 is 0 Å². The van der Waals surface area contributed by atoms with Gasteiger partial charge in [0, 0.05) is 5.41 Å². The molecule has 0 radical (unpaired) electrons. The van der Waals surface area contributed by atoms with E-state index in [1.807, 2.05) is 30.3 Å². The first-order valence-corrected chi connectivity index (χ1v) is 5.64. The lowest BCUT2D eigenvalue weighted by Crippen LogP contribution is -2.18. The van der Waals surface area contributed by atoms with Gasteiger partial charge in [0.2, 0.25) is 0 Å². The first-order valence-electron chi connectivity index (χ1n) is 5.64. The van der Waals surface area contributed by atoms with Gasteiger partial charge in [-0.15, -0.1) is 4.91 Å². The van der Waals surface area contributed by atoms with E-state index in [0.717, 1.165) is 0 Å². The zero-order valence-corrected chi connectivity index (χ0v) is 10.1. The Morgan fingerprint density at radius 1 is 0.824 bits per heavy atom. The van der Waals surface area contributed by atoms with Crippen LogP contribution in [0.4, 0.5) is 5.69 Å². The molecular weight excluding hydrogens is 210 g/mol. The zero-order chi connectivity index (χ0) is 12.3. The molecule has 0 heterocycles. The summed E-state index contributed by atoms with van der Waals surface area (Å²) in [7, 11) is 0. The molecule has 86 valence electrons. The average molecular weight is 225 g/mol. The molecule has 0 amide bonds. The van der Waals surface area contributed by atoms with Crippen molar-refractivity contribution in [1.29, 1.82) is 0 Å². The molecular formula is C15H15NO. The normalized spacial score (nSPS) is 11.2. The Bertz CT molecular complexity index is 500. The third-order valence-electron chi connectivity index (χ3n) is 3.19. The van der Waals surface area contributed by atoms with Crippen LogP contribution in [0.25, 0.3) is 0 Å². The molecule has 2 aromatic rings. The van der Waals surface area contributed by atoms with Crippen LogP contribution in [-0.2, 0) is 5.41 Å². The second kappa shape index (κ2) is 4.50. The van der Waals surface area contributed by atoms with E-state index in [-0.39, 0.29) is 5.41 Å². The maximum absolute atomic E-state index is 10.4. The molecule has 0 aliphatic carbocycles. The number of hydrogen-bond donors (Lipinski definition) is 0. The summed E-state index contributed by atoms with van der Waals surface area (Å²) in [6.07, 6.45) is 0. The van der Waals surface area contributed by atoms with E-state index < -0.39 is 0 Å². The lowest BCUT2D eigenvalue weighted by Gasteiger charge is -2.26. The molecule has 0 aromatic heterocycles. The monoisotopic (exact) mass is 225 g/mol. The van der Waals surface area contributed by atoms with Gasteiger partial charge in [0.1, 0.15) is 5.69 Å². The van der Waals surface area contributed by atoms with E-state index in [0.29, 0.717) is 5.69 Å². The van der Waals surface area contributed by atoms with E-state index in [9.17, 15) is 4.91 Å². The molecule has 0 N–H and O–H groups in total. The molecule has 2 rings (SSSR count). The molecule has 2 heteroatoms. The summed E-state index contributed by atoms with van der Waals surface area (Å²) in [5.41, 5.74) is 2.84. The Kier molecular flexibility index (Phi) is 3.05. The molecule has 2 nitrogen and oxygen atoms in total.